The van der Waals surface area contributed by atoms with E-state index in [0.29, 0.717) is 5.02 Å². The predicted molar refractivity (Wildman–Crippen MR) is 105 cm³/mol. The Morgan fingerprint density at radius 3 is 2.88 bits per heavy atom. The molecular weight excluding hydrogens is 350 g/mol. The lowest BCUT2D eigenvalue weighted by molar-refractivity contribution is 0.0256. The number of rotatable bonds is 8. The lowest BCUT2D eigenvalue weighted by atomic mass is 10.1. The summed E-state index contributed by atoms with van der Waals surface area (Å²) in [5.74, 6) is 0.739. The molecule has 2 aromatic rings. The number of benzene rings is 1. The summed E-state index contributed by atoms with van der Waals surface area (Å²) in [5, 5.41) is 7.99. The van der Waals surface area contributed by atoms with Gasteiger partial charge in [-0.2, -0.15) is 5.10 Å². The monoisotopic (exact) mass is 377 g/mol. The second-order valence-corrected chi connectivity index (χ2v) is 7.34. The maximum atomic E-state index is 6.49. The summed E-state index contributed by atoms with van der Waals surface area (Å²) in [6.45, 7) is 5.67. The zero-order chi connectivity index (χ0) is 18.4. The number of halogens is 1. The SMILES string of the molecule is CCCCN(C)Cc1cn[nH]c1-c1ccc(OC2CCOCC2)c(Cl)c1. The van der Waals surface area contributed by atoms with Crippen LogP contribution in [0.15, 0.2) is 24.4 Å². The third-order valence-corrected chi connectivity index (χ3v) is 5.03. The first kappa shape index (κ1) is 19.2. The topological polar surface area (TPSA) is 50.4 Å². The minimum absolute atomic E-state index is 0.182. The number of hydrogen-bond acceptors (Lipinski definition) is 4. The van der Waals surface area contributed by atoms with Gasteiger partial charge in [0.1, 0.15) is 11.9 Å². The molecule has 0 radical (unpaired) electrons. The van der Waals surface area contributed by atoms with Gasteiger partial charge in [-0.05, 0) is 38.2 Å². The molecule has 0 spiro atoms. The number of hydrogen-bond donors (Lipinski definition) is 1. The number of H-pyrrole nitrogens is 1. The van der Waals surface area contributed by atoms with Crippen LogP contribution in [-0.4, -0.2) is 48.0 Å². The van der Waals surface area contributed by atoms with Crippen LogP contribution in [0.1, 0.15) is 38.2 Å². The Hall–Kier alpha value is -1.56. The summed E-state index contributed by atoms with van der Waals surface area (Å²) in [4.78, 5) is 2.32. The van der Waals surface area contributed by atoms with Crippen LogP contribution in [0.5, 0.6) is 5.75 Å². The van der Waals surface area contributed by atoms with Gasteiger partial charge in [-0.1, -0.05) is 24.9 Å². The van der Waals surface area contributed by atoms with Gasteiger partial charge in [-0.15, -0.1) is 0 Å². The summed E-state index contributed by atoms with van der Waals surface area (Å²) in [6, 6.07) is 5.96. The average Bonchev–Trinajstić information content (AvgIpc) is 3.10. The normalized spacial score (nSPS) is 15.5. The first-order chi connectivity index (χ1) is 12.7. The van der Waals surface area contributed by atoms with E-state index in [1.54, 1.807) is 0 Å². The highest BCUT2D eigenvalue weighted by molar-refractivity contribution is 6.32. The van der Waals surface area contributed by atoms with Crippen molar-refractivity contribution in [1.29, 1.82) is 0 Å². The van der Waals surface area contributed by atoms with Gasteiger partial charge in [0.05, 0.1) is 30.1 Å². The van der Waals surface area contributed by atoms with E-state index in [0.717, 1.165) is 56.2 Å². The summed E-state index contributed by atoms with van der Waals surface area (Å²) in [5.41, 5.74) is 3.23. The molecule has 1 aliphatic heterocycles. The van der Waals surface area contributed by atoms with Gasteiger partial charge < -0.3 is 14.4 Å². The number of nitrogens with one attached hydrogen (secondary N) is 1. The lowest BCUT2D eigenvalue weighted by Crippen LogP contribution is -2.25. The van der Waals surface area contributed by atoms with Crippen LogP contribution in [0.4, 0.5) is 0 Å². The highest BCUT2D eigenvalue weighted by atomic mass is 35.5. The fraction of sp³-hybridized carbons (Fsp3) is 0.550. The van der Waals surface area contributed by atoms with Crippen molar-refractivity contribution >= 4 is 11.6 Å². The van der Waals surface area contributed by atoms with Gasteiger partial charge in [0, 0.05) is 30.5 Å². The number of nitrogens with zero attached hydrogens (tertiary/aromatic N) is 2. The molecule has 0 unspecified atom stereocenters. The minimum Gasteiger partial charge on any atom is -0.489 e. The molecule has 1 saturated heterocycles. The highest BCUT2D eigenvalue weighted by Crippen LogP contribution is 2.32. The van der Waals surface area contributed by atoms with Crippen molar-refractivity contribution in [2.75, 3.05) is 26.8 Å². The van der Waals surface area contributed by atoms with E-state index in [4.69, 9.17) is 21.1 Å². The van der Waals surface area contributed by atoms with Crippen molar-refractivity contribution in [2.45, 2.75) is 45.3 Å². The van der Waals surface area contributed by atoms with E-state index in [-0.39, 0.29) is 6.10 Å². The van der Waals surface area contributed by atoms with Gasteiger partial charge in [-0.3, -0.25) is 5.10 Å². The van der Waals surface area contributed by atoms with Gasteiger partial charge in [0.2, 0.25) is 0 Å². The van der Waals surface area contributed by atoms with Crippen molar-refractivity contribution in [3.8, 4) is 17.0 Å². The average molecular weight is 378 g/mol. The zero-order valence-corrected chi connectivity index (χ0v) is 16.4. The van der Waals surface area contributed by atoms with Crippen LogP contribution < -0.4 is 4.74 Å². The second kappa shape index (κ2) is 9.40. The molecule has 1 fully saturated rings. The molecule has 1 aromatic heterocycles. The largest absolute Gasteiger partial charge is 0.489 e. The van der Waals surface area contributed by atoms with Crippen molar-refractivity contribution in [1.82, 2.24) is 15.1 Å². The van der Waals surface area contributed by atoms with Crippen LogP contribution in [0.3, 0.4) is 0 Å². The van der Waals surface area contributed by atoms with Crippen LogP contribution in [0.25, 0.3) is 11.3 Å². The summed E-state index contributed by atoms with van der Waals surface area (Å²) >= 11 is 6.49. The fourth-order valence-electron chi connectivity index (χ4n) is 3.20. The Kier molecular flexibility index (Phi) is 6.94. The van der Waals surface area contributed by atoms with Crippen LogP contribution >= 0.6 is 11.6 Å². The molecule has 5 nitrogen and oxygen atoms in total. The van der Waals surface area contributed by atoms with E-state index in [2.05, 4.69) is 29.1 Å². The molecule has 0 amide bonds. The van der Waals surface area contributed by atoms with Crippen LogP contribution in [-0.2, 0) is 11.3 Å². The molecule has 1 aromatic carbocycles. The second-order valence-electron chi connectivity index (χ2n) is 6.94. The molecule has 0 atom stereocenters. The molecule has 3 rings (SSSR count). The molecule has 0 bridgehead atoms. The number of unbranched alkanes of at least 4 members (excludes halogenated alkanes) is 1. The Bertz CT molecular complexity index is 698. The lowest BCUT2D eigenvalue weighted by Gasteiger charge is -2.24. The third-order valence-electron chi connectivity index (χ3n) is 4.73. The van der Waals surface area contributed by atoms with Gasteiger partial charge >= 0.3 is 0 Å². The number of ether oxygens (including phenoxy) is 2. The van der Waals surface area contributed by atoms with E-state index in [1.165, 1.54) is 18.4 Å². The standard InChI is InChI=1S/C20H28ClN3O2/c1-3-4-9-24(2)14-16-13-22-23-20(16)15-5-6-19(18(21)12-15)26-17-7-10-25-11-8-17/h5-6,12-13,17H,3-4,7-11,14H2,1-2H3,(H,22,23). The number of aromatic nitrogens is 2. The number of aromatic amines is 1. The van der Waals surface area contributed by atoms with Crippen LogP contribution in [0.2, 0.25) is 5.02 Å². The third kappa shape index (κ3) is 5.00. The Morgan fingerprint density at radius 1 is 1.35 bits per heavy atom. The van der Waals surface area contributed by atoms with Gasteiger partial charge in [0.15, 0.2) is 0 Å². The molecule has 0 saturated carbocycles. The van der Waals surface area contributed by atoms with E-state index in [1.807, 2.05) is 24.4 Å². The van der Waals surface area contributed by atoms with E-state index in [9.17, 15) is 0 Å². The Morgan fingerprint density at radius 2 is 2.15 bits per heavy atom. The molecule has 0 aliphatic carbocycles. The quantitative estimate of drug-likeness (QED) is 0.734. The van der Waals surface area contributed by atoms with Gasteiger partial charge in [0.25, 0.3) is 0 Å². The molecule has 6 heteroatoms. The van der Waals surface area contributed by atoms with Crippen molar-refractivity contribution in [3.63, 3.8) is 0 Å². The molecular formula is C20H28ClN3O2. The van der Waals surface area contributed by atoms with Gasteiger partial charge in [-0.25, -0.2) is 0 Å². The summed E-state index contributed by atoms with van der Waals surface area (Å²) < 4.78 is 11.4. The van der Waals surface area contributed by atoms with Crippen LogP contribution in [0, 0.1) is 0 Å². The molecule has 1 aliphatic rings. The zero-order valence-electron chi connectivity index (χ0n) is 15.6. The molecule has 26 heavy (non-hydrogen) atoms. The van der Waals surface area contributed by atoms with E-state index < -0.39 is 0 Å². The molecule has 2 heterocycles. The molecule has 142 valence electrons. The first-order valence-corrected chi connectivity index (χ1v) is 9.80. The fourth-order valence-corrected chi connectivity index (χ4v) is 3.43. The first-order valence-electron chi connectivity index (χ1n) is 9.42. The maximum Gasteiger partial charge on any atom is 0.138 e. The van der Waals surface area contributed by atoms with Crippen molar-refractivity contribution in [2.24, 2.45) is 0 Å². The predicted octanol–water partition coefficient (Wildman–Crippen LogP) is 4.52. The summed E-state index contributed by atoms with van der Waals surface area (Å²) in [7, 11) is 2.14. The van der Waals surface area contributed by atoms with Crippen molar-refractivity contribution < 1.29 is 9.47 Å². The molecule has 1 N–H and O–H groups in total. The van der Waals surface area contributed by atoms with Crippen molar-refractivity contribution in [3.05, 3.63) is 35.0 Å². The Balaban J connectivity index is 1.70. The minimum atomic E-state index is 0.182. The Labute approximate surface area is 160 Å². The highest BCUT2D eigenvalue weighted by Gasteiger charge is 2.17. The van der Waals surface area contributed by atoms with E-state index >= 15 is 0 Å². The summed E-state index contributed by atoms with van der Waals surface area (Å²) in [6.07, 6.45) is 6.31. The smallest absolute Gasteiger partial charge is 0.138 e. The maximum absolute atomic E-state index is 6.49.